The van der Waals surface area contributed by atoms with Crippen molar-refractivity contribution >= 4 is 45.6 Å². The molecule has 3 aromatic carbocycles. The van der Waals surface area contributed by atoms with E-state index in [1.165, 1.54) is 24.3 Å². The molecule has 1 aromatic heterocycles. The molecule has 0 saturated heterocycles. The third-order valence-electron chi connectivity index (χ3n) is 5.08. The lowest BCUT2D eigenvalue weighted by molar-refractivity contribution is -0.137. The number of fused-ring (bicyclic) bond motifs is 1. The number of carbonyl (C=O) groups excluding carboxylic acids is 1. The monoisotopic (exact) mass is 507 g/mol. The molecular formula is C23H15ClF5N5O. The van der Waals surface area contributed by atoms with Crippen LogP contribution in [0.3, 0.4) is 0 Å². The van der Waals surface area contributed by atoms with Gasteiger partial charge in [-0.25, -0.2) is 18.7 Å². The SMILES string of the molecule is NCc1ccc(Cl)c(C(=O)Nc2cccc3c(Nc4ccc(C(F)(F)F)cc4F)ncnc23)c1F. The van der Waals surface area contributed by atoms with Crippen LogP contribution < -0.4 is 16.4 Å². The molecule has 0 atom stereocenters. The van der Waals surface area contributed by atoms with Gasteiger partial charge in [0.05, 0.1) is 33.0 Å². The lowest BCUT2D eigenvalue weighted by Gasteiger charge is -2.14. The van der Waals surface area contributed by atoms with Crippen LogP contribution in [0.5, 0.6) is 0 Å². The van der Waals surface area contributed by atoms with Gasteiger partial charge in [0.25, 0.3) is 5.91 Å². The van der Waals surface area contributed by atoms with Crippen LogP contribution in [0.4, 0.5) is 39.1 Å². The topological polar surface area (TPSA) is 92.9 Å². The number of nitrogens with one attached hydrogen (secondary N) is 2. The van der Waals surface area contributed by atoms with E-state index in [0.29, 0.717) is 11.5 Å². The number of hydrogen-bond acceptors (Lipinski definition) is 5. The Labute approximate surface area is 199 Å². The van der Waals surface area contributed by atoms with Crippen LogP contribution in [0.15, 0.2) is 54.9 Å². The van der Waals surface area contributed by atoms with Crippen molar-refractivity contribution in [3.8, 4) is 0 Å². The van der Waals surface area contributed by atoms with Gasteiger partial charge in [0.15, 0.2) is 0 Å². The van der Waals surface area contributed by atoms with Crippen LogP contribution in [0.25, 0.3) is 10.9 Å². The first-order chi connectivity index (χ1) is 16.6. The highest BCUT2D eigenvalue weighted by Crippen LogP contribution is 2.33. The third-order valence-corrected chi connectivity index (χ3v) is 5.40. The van der Waals surface area contributed by atoms with Crippen LogP contribution in [-0.2, 0) is 12.7 Å². The molecule has 4 aromatic rings. The summed E-state index contributed by atoms with van der Waals surface area (Å²) in [6, 6.07) is 9.34. The number of anilines is 3. The minimum atomic E-state index is -4.69. The zero-order valence-corrected chi connectivity index (χ0v) is 18.3. The van der Waals surface area contributed by atoms with E-state index in [1.54, 1.807) is 6.07 Å². The second-order valence-corrected chi connectivity index (χ2v) is 7.70. The van der Waals surface area contributed by atoms with Gasteiger partial charge in [-0.1, -0.05) is 23.7 Å². The van der Waals surface area contributed by atoms with Gasteiger partial charge < -0.3 is 16.4 Å². The standard InChI is InChI=1S/C23H15ClF5N5O/c24-14-6-4-11(9-30)19(26)18(14)22(35)34-17-3-1-2-13-20(17)31-10-32-21(13)33-16-7-5-12(8-15(16)25)23(27,28)29/h1-8,10H,9,30H2,(H,34,35)(H,31,32,33). The number of aromatic nitrogens is 2. The number of hydrogen-bond donors (Lipinski definition) is 3. The van der Waals surface area contributed by atoms with Crippen molar-refractivity contribution in [2.75, 3.05) is 10.6 Å². The van der Waals surface area contributed by atoms with E-state index in [1.807, 2.05) is 0 Å². The molecule has 0 saturated carbocycles. The van der Waals surface area contributed by atoms with E-state index in [4.69, 9.17) is 17.3 Å². The zero-order valence-electron chi connectivity index (χ0n) is 17.6. The maximum atomic E-state index is 14.7. The molecule has 0 aliphatic rings. The molecule has 0 aliphatic heterocycles. The molecule has 0 unspecified atom stereocenters. The van der Waals surface area contributed by atoms with Crippen LogP contribution in [0, 0.1) is 11.6 Å². The second-order valence-electron chi connectivity index (χ2n) is 7.30. The van der Waals surface area contributed by atoms with E-state index >= 15 is 0 Å². The van der Waals surface area contributed by atoms with Gasteiger partial charge >= 0.3 is 6.18 Å². The summed E-state index contributed by atoms with van der Waals surface area (Å²) in [6.45, 7) is -0.139. The Morgan fingerprint density at radius 3 is 2.49 bits per heavy atom. The van der Waals surface area contributed by atoms with Crippen molar-refractivity contribution in [1.82, 2.24) is 9.97 Å². The van der Waals surface area contributed by atoms with E-state index < -0.39 is 34.8 Å². The molecule has 12 heteroatoms. The Bertz CT molecular complexity index is 1440. The number of alkyl halides is 3. The summed E-state index contributed by atoms with van der Waals surface area (Å²) in [6.07, 6.45) is -3.58. The molecule has 1 heterocycles. The van der Waals surface area contributed by atoms with Gasteiger partial charge in [0, 0.05) is 17.5 Å². The molecule has 4 rings (SSSR count). The van der Waals surface area contributed by atoms with Crippen LogP contribution >= 0.6 is 11.6 Å². The summed E-state index contributed by atoms with van der Waals surface area (Å²) >= 11 is 6.02. The number of halogens is 6. The number of nitrogens with zero attached hydrogens (tertiary/aromatic N) is 2. The molecule has 6 nitrogen and oxygen atoms in total. The average Bonchev–Trinajstić information content (AvgIpc) is 2.80. The molecule has 0 spiro atoms. The molecule has 1 amide bonds. The Kier molecular flexibility index (Phi) is 6.55. The minimum absolute atomic E-state index is 0.0686. The number of benzene rings is 3. The summed E-state index contributed by atoms with van der Waals surface area (Å²) in [5.41, 5.74) is 4.19. The number of para-hydroxylation sites is 1. The maximum absolute atomic E-state index is 14.7. The van der Waals surface area contributed by atoms with E-state index in [2.05, 4.69) is 20.6 Å². The van der Waals surface area contributed by atoms with Crippen LogP contribution in [0.1, 0.15) is 21.5 Å². The van der Waals surface area contributed by atoms with Gasteiger partial charge in [-0.2, -0.15) is 13.2 Å². The molecule has 0 radical (unpaired) electrons. The van der Waals surface area contributed by atoms with E-state index in [9.17, 15) is 26.7 Å². The number of nitrogens with two attached hydrogens (primary N) is 1. The lowest BCUT2D eigenvalue weighted by atomic mass is 10.1. The smallest absolute Gasteiger partial charge is 0.337 e. The summed E-state index contributed by atoms with van der Waals surface area (Å²) in [5.74, 6) is -2.77. The highest BCUT2D eigenvalue weighted by Gasteiger charge is 2.31. The Morgan fingerprint density at radius 1 is 1.03 bits per heavy atom. The van der Waals surface area contributed by atoms with Gasteiger partial charge in [-0.05, 0) is 36.4 Å². The quantitative estimate of drug-likeness (QED) is 0.287. The van der Waals surface area contributed by atoms with Crippen LogP contribution in [0.2, 0.25) is 5.02 Å². The molecule has 0 aliphatic carbocycles. The predicted molar refractivity (Wildman–Crippen MR) is 121 cm³/mol. The Hall–Kier alpha value is -3.83. The van der Waals surface area contributed by atoms with Crippen molar-refractivity contribution in [3.05, 3.63) is 88.2 Å². The average molecular weight is 508 g/mol. The first kappa shape index (κ1) is 24.3. The third kappa shape index (κ3) is 4.86. The first-order valence-corrected chi connectivity index (χ1v) is 10.3. The van der Waals surface area contributed by atoms with E-state index in [-0.39, 0.29) is 39.8 Å². The summed E-state index contributed by atoms with van der Waals surface area (Å²) < 4.78 is 67.5. The minimum Gasteiger partial charge on any atom is -0.337 e. The largest absolute Gasteiger partial charge is 0.416 e. The zero-order chi connectivity index (χ0) is 25.3. The molecule has 180 valence electrons. The normalized spacial score (nSPS) is 11.5. The molecule has 0 bridgehead atoms. The van der Waals surface area contributed by atoms with Gasteiger partial charge in [0.2, 0.25) is 0 Å². The summed E-state index contributed by atoms with van der Waals surface area (Å²) in [4.78, 5) is 21.0. The predicted octanol–water partition coefficient (Wildman–Crippen LogP) is 6.03. The fourth-order valence-corrected chi connectivity index (χ4v) is 3.59. The van der Waals surface area contributed by atoms with Gasteiger partial charge in [0.1, 0.15) is 23.8 Å². The highest BCUT2D eigenvalue weighted by molar-refractivity contribution is 6.34. The van der Waals surface area contributed by atoms with Crippen molar-refractivity contribution in [3.63, 3.8) is 0 Å². The fourth-order valence-electron chi connectivity index (χ4n) is 3.35. The number of amides is 1. The number of carbonyl (C=O) groups is 1. The summed E-state index contributed by atoms with van der Waals surface area (Å²) in [7, 11) is 0. The Balaban J connectivity index is 1.68. The highest BCUT2D eigenvalue weighted by atomic mass is 35.5. The molecule has 4 N–H and O–H groups in total. The first-order valence-electron chi connectivity index (χ1n) is 9.96. The van der Waals surface area contributed by atoms with Crippen molar-refractivity contribution in [1.29, 1.82) is 0 Å². The van der Waals surface area contributed by atoms with Crippen molar-refractivity contribution in [2.45, 2.75) is 12.7 Å². The van der Waals surface area contributed by atoms with Crippen molar-refractivity contribution in [2.24, 2.45) is 5.73 Å². The van der Waals surface area contributed by atoms with Gasteiger partial charge in [-0.15, -0.1) is 0 Å². The second kappa shape index (κ2) is 9.43. The lowest BCUT2D eigenvalue weighted by Crippen LogP contribution is -2.17. The summed E-state index contributed by atoms with van der Waals surface area (Å²) in [5, 5.41) is 5.37. The fraction of sp³-hybridized carbons (Fsp3) is 0.0870. The molecule has 35 heavy (non-hydrogen) atoms. The molecule has 0 fully saturated rings. The maximum Gasteiger partial charge on any atom is 0.416 e. The Morgan fingerprint density at radius 2 is 1.80 bits per heavy atom. The molecular weight excluding hydrogens is 493 g/mol. The van der Waals surface area contributed by atoms with Gasteiger partial charge in [-0.3, -0.25) is 4.79 Å². The van der Waals surface area contributed by atoms with E-state index in [0.717, 1.165) is 18.5 Å². The van der Waals surface area contributed by atoms with Crippen molar-refractivity contribution < 1.29 is 26.7 Å². The van der Waals surface area contributed by atoms with Crippen LogP contribution in [-0.4, -0.2) is 15.9 Å². The number of rotatable bonds is 5.